The normalized spacial score (nSPS) is 25.4. The van der Waals surface area contributed by atoms with Crippen molar-refractivity contribution in [2.45, 2.75) is 44.3 Å². The number of aromatic nitrogens is 2. The molecular formula is C13H18F3N3O4. The summed E-state index contributed by atoms with van der Waals surface area (Å²) in [6.07, 6.45) is -6.87. The minimum atomic E-state index is -4.53. The second-order valence-electron chi connectivity index (χ2n) is 5.41. The Hall–Kier alpha value is -1.65. The molecule has 2 heterocycles. The Bertz CT molecular complexity index is 561. The summed E-state index contributed by atoms with van der Waals surface area (Å²) in [5.41, 5.74) is -0.712. The van der Waals surface area contributed by atoms with Gasteiger partial charge in [0, 0.05) is 18.7 Å². The van der Waals surface area contributed by atoms with Crippen LogP contribution in [0.4, 0.5) is 13.2 Å². The highest BCUT2D eigenvalue weighted by Crippen LogP contribution is 2.28. The Morgan fingerprint density at radius 2 is 2.17 bits per heavy atom. The first-order valence-corrected chi connectivity index (χ1v) is 7.03. The zero-order valence-corrected chi connectivity index (χ0v) is 12.4. The summed E-state index contributed by atoms with van der Waals surface area (Å²) in [7, 11) is 0. The maximum Gasteiger partial charge on any atom is 0.435 e. The molecule has 1 fully saturated rings. The molecule has 0 aromatic carbocycles. The minimum Gasteiger partial charge on any atom is -0.388 e. The van der Waals surface area contributed by atoms with Crippen LogP contribution in [0.3, 0.4) is 0 Å². The Balaban J connectivity index is 1.88. The second kappa shape index (κ2) is 6.85. The lowest BCUT2D eigenvalue weighted by Gasteiger charge is -2.32. The molecule has 0 saturated carbocycles. The quantitative estimate of drug-likeness (QED) is 0.709. The maximum absolute atomic E-state index is 12.5. The number of aliphatic hydroxyl groups is 2. The van der Waals surface area contributed by atoms with Gasteiger partial charge in [0.15, 0.2) is 5.69 Å². The van der Waals surface area contributed by atoms with Gasteiger partial charge in [0.2, 0.25) is 5.91 Å². The molecule has 1 aromatic heterocycles. The monoisotopic (exact) mass is 337 g/mol. The van der Waals surface area contributed by atoms with E-state index in [0.717, 1.165) is 10.7 Å². The third kappa shape index (κ3) is 4.43. The fourth-order valence-corrected chi connectivity index (χ4v) is 2.27. The van der Waals surface area contributed by atoms with E-state index in [9.17, 15) is 28.2 Å². The van der Waals surface area contributed by atoms with Crippen molar-refractivity contribution in [3.8, 4) is 0 Å². The van der Waals surface area contributed by atoms with E-state index in [-0.39, 0.29) is 26.2 Å². The van der Waals surface area contributed by atoms with Gasteiger partial charge in [0.25, 0.3) is 0 Å². The van der Waals surface area contributed by atoms with Crippen LogP contribution < -0.4 is 5.32 Å². The molecular weight excluding hydrogens is 319 g/mol. The lowest BCUT2D eigenvalue weighted by molar-refractivity contribution is -0.141. The fourth-order valence-electron chi connectivity index (χ4n) is 2.27. The number of hydrogen-bond acceptors (Lipinski definition) is 5. The van der Waals surface area contributed by atoms with Crippen molar-refractivity contribution >= 4 is 5.91 Å². The molecule has 0 radical (unpaired) electrons. The van der Waals surface area contributed by atoms with Crippen LogP contribution in [-0.4, -0.2) is 57.4 Å². The van der Waals surface area contributed by atoms with Gasteiger partial charge in [-0.2, -0.15) is 18.3 Å². The summed E-state index contributed by atoms with van der Waals surface area (Å²) in [4.78, 5) is 11.8. The first kappa shape index (κ1) is 17.7. The van der Waals surface area contributed by atoms with Crippen LogP contribution in [-0.2, 0) is 22.3 Å². The molecule has 1 amide bonds. The highest BCUT2D eigenvalue weighted by Gasteiger charge is 2.35. The van der Waals surface area contributed by atoms with E-state index < -0.39 is 36.0 Å². The molecule has 1 aromatic rings. The van der Waals surface area contributed by atoms with Crippen LogP contribution in [0.15, 0.2) is 6.07 Å². The molecule has 1 aliphatic heterocycles. The Morgan fingerprint density at radius 3 is 2.78 bits per heavy atom. The van der Waals surface area contributed by atoms with Gasteiger partial charge in [0.05, 0.1) is 19.3 Å². The Morgan fingerprint density at radius 1 is 1.48 bits per heavy atom. The topological polar surface area (TPSA) is 96.6 Å². The van der Waals surface area contributed by atoms with Crippen molar-refractivity contribution in [2.75, 3.05) is 13.2 Å². The van der Waals surface area contributed by atoms with E-state index >= 15 is 0 Å². The van der Waals surface area contributed by atoms with E-state index in [4.69, 9.17) is 4.74 Å². The summed E-state index contributed by atoms with van der Waals surface area (Å²) in [5.74, 6) is -0.477. The number of carbonyl (C=O) groups is 1. The molecule has 2 rings (SSSR count). The molecule has 0 unspecified atom stereocenters. The SMILES string of the molecule is Cc1cc(C(F)(F)F)nn1CCC(=O)N[C@@H]1COC[C@@H](O)[C@H]1O. The van der Waals surface area contributed by atoms with Crippen molar-refractivity contribution in [3.05, 3.63) is 17.5 Å². The predicted molar refractivity (Wildman–Crippen MR) is 71.3 cm³/mol. The number of halogens is 3. The van der Waals surface area contributed by atoms with Crippen LogP contribution in [0.2, 0.25) is 0 Å². The molecule has 23 heavy (non-hydrogen) atoms. The number of nitrogens with zero attached hydrogens (tertiary/aromatic N) is 2. The van der Waals surface area contributed by atoms with Gasteiger partial charge in [-0.3, -0.25) is 9.48 Å². The minimum absolute atomic E-state index is 0.0137. The summed E-state index contributed by atoms with van der Waals surface area (Å²) < 4.78 is 43.8. The summed E-state index contributed by atoms with van der Waals surface area (Å²) in [6, 6.07) is 0.156. The van der Waals surface area contributed by atoms with Gasteiger partial charge in [-0.05, 0) is 13.0 Å². The zero-order chi connectivity index (χ0) is 17.2. The number of ether oxygens (including phenoxy) is 1. The number of aryl methyl sites for hydroxylation is 2. The molecule has 0 bridgehead atoms. The van der Waals surface area contributed by atoms with Gasteiger partial charge in [-0.15, -0.1) is 0 Å². The number of alkyl halides is 3. The highest BCUT2D eigenvalue weighted by molar-refractivity contribution is 5.76. The number of hydrogen-bond donors (Lipinski definition) is 3. The second-order valence-corrected chi connectivity index (χ2v) is 5.41. The van der Waals surface area contributed by atoms with E-state index in [1.807, 2.05) is 0 Å². The van der Waals surface area contributed by atoms with Crippen LogP contribution in [0.1, 0.15) is 17.8 Å². The van der Waals surface area contributed by atoms with Gasteiger partial charge >= 0.3 is 6.18 Å². The summed E-state index contributed by atoms with van der Waals surface area (Å²) in [5, 5.41) is 25.1. The highest BCUT2D eigenvalue weighted by atomic mass is 19.4. The van der Waals surface area contributed by atoms with Crippen LogP contribution in [0.25, 0.3) is 0 Å². The van der Waals surface area contributed by atoms with Crippen LogP contribution in [0, 0.1) is 6.92 Å². The zero-order valence-electron chi connectivity index (χ0n) is 12.4. The third-order valence-corrected chi connectivity index (χ3v) is 3.56. The Kier molecular flexibility index (Phi) is 5.27. The van der Waals surface area contributed by atoms with Gasteiger partial charge < -0.3 is 20.3 Å². The molecule has 1 aliphatic rings. The van der Waals surface area contributed by atoms with E-state index in [2.05, 4.69) is 10.4 Å². The molecule has 130 valence electrons. The third-order valence-electron chi connectivity index (χ3n) is 3.56. The standard InChI is InChI=1S/C13H18F3N3O4/c1-7-4-10(13(14,15)16)18-19(7)3-2-11(21)17-8-5-23-6-9(20)12(8)22/h4,8-9,12,20,22H,2-3,5-6H2,1H3,(H,17,21)/t8-,9-,12+/m1/s1. The van der Waals surface area contributed by atoms with Gasteiger partial charge in [-0.1, -0.05) is 0 Å². The van der Waals surface area contributed by atoms with Crippen molar-refractivity contribution in [1.29, 1.82) is 0 Å². The molecule has 3 atom stereocenters. The summed E-state index contributed by atoms with van der Waals surface area (Å²) in [6.45, 7) is 1.48. The predicted octanol–water partition coefficient (Wildman–Crippen LogP) is -0.163. The average Bonchev–Trinajstić information content (AvgIpc) is 2.83. The molecule has 3 N–H and O–H groups in total. The van der Waals surface area contributed by atoms with Crippen molar-refractivity contribution < 1.29 is 32.9 Å². The van der Waals surface area contributed by atoms with E-state index in [1.165, 1.54) is 6.92 Å². The number of rotatable bonds is 4. The van der Waals surface area contributed by atoms with Crippen LogP contribution >= 0.6 is 0 Å². The largest absolute Gasteiger partial charge is 0.435 e. The molecule has 7 nitrogen and oxygen atoms in total. The molecule has 10 heteroatoms. The molecule has 0 spiro atoms. The van der Waals surface area contributed by atoms with Crippen molar-refractivity contribution in [3.63, 3.8) is 0 Å². The fraction of sp³-hybridized carbons (Fsp3) is 0.692. The number of nitrogens with one attached hydrogen (secondary N) is 1. The van der Waals surface area contributed by atoms with E-state index in [1.54, 1.807) is 0 Å². The summed E-state index contributed by atoms with van der Waals surface area (Å²) >= 11 is 0. The van der Waals surface area contributed by atoms with E-state index in [0.29, 0.717) is 5.69 Å². The Labute approximate surface area is 130 Å². The lowest BCUT2D eigenvalue weighted by atomic mass is 10.0. The lowest BCUT2D eigenvalue weighted by Crippen LogP contribution is -2.55. The average molecular weight is 337 g/mol. The smallest absolute Gasteiger partial charge is 0.388 e. The van der Waals surface area contributed by atoms with Crippen LogP contribution in [0.5, 0.6) is 0 Å². The number of aliphatic hydroxyl groups excluding tert-OH is 2. The van der Waals surface area contributed by atoms with Gasteiger partial charge in [-0.25, -0.2) is 0 Å². The van der Waals surface area contributed by atoms with Crippen molar-refractivity contribution in [1.82, 2.24) is 15.1 Å². The maximum atomic E-state index is 12.5. The first-order chi connectivity index (χ1) is 10.7. The first-order valence-electron chi connectivity index (χ1n) is 7.03. The number of carbonyl (C=O) groups excluding carboxylic acids is 1. The van der Waals surface area contributed by atoms with Crippen molar-refractivity contribution in [2.24, 2.45) is 0 Å². The van der Waals surface area contributed by atoms with Gasteiger partial charge in [0.1, 0.15) is 12.2 Å². The molecule has 0 aliphatic carbocycles. The molecule has 1 saturated heterocycles. The number of amides is 1.